The van der Waals surface area contributed by atoms with E-state index in [0.717, 1.165) is 11.3 Å². The summed E-state index contributed by atoms with van der Waals surface area (Å²) in [6, 6.07) is -0.130. The van der Waals surface area contributed by atoms with Crippen molar-refractivity contribution >= 4 is 26.5 Å². The predicted octanol–water partition coefficient (Wildman–Crippen LogP) is -0.470. The van der Waals surface area contributed by atoms with Gasteiger partial charge in [0.25, 0.3) is 10.0 Å². The highest BCUT2D eigenvalue weighted by Crippen LogP contribution is 2.23. The minimum atomic E-state index is -3.58. The van der Waals surface area contributed by atoms with Crippen molar-refractivity contribution in [3.8, 4) is 0 Å². The first-order valence-corrected chi connectivity index (χ1v) is 6.92. The van der Waals surface area contributed by atoms with Crippen molar-refractivity contribution < 1.29 is 13.2 Å². The Morgan fingerprint density at radius 3 is 2.81 bits per heavy atom. The van der Waals surface area contributed by atoms with Crippen LogP contribution in [-0.4, -0.2) is 49.2 Å². The van der Waals surface area contributed by atoms with Gasteiger partial charge in [-0.2, -0.15) is 4.31 Å². The largest absolute Gasteiger partial charge is 0.380 e. The average molecular weight is 264 g/mol. The van der Waals surface area contributed by atoms with Gasteiger partial charge in [-0.3, -0.25) is 0 Å². The lowest BCUT2D eigenvalue weighted by Gasteiger charge is -2.20. The Labute approximate surface area is 97.3 Å². The van der Waals surface area contributed by atoms with Crippen molar-refractivity contribution in [1.82, 2.24) is 14.5 Å². The molecule has 1 aromatic rings. The van der Waals surface area contributed by atoms with E-state index in [1.807, 2.05) is 0 Å². The molecule has 1 fully saturated rings. The Morgan fingerprint density at radius 2 is 2.31 bits per heavy atom. The lowest BCUT2D eigenvalue weighted by molar-refractivity contribution is 0.181. The first kappa shape index (κ1) is 11.7. The second-order valence-corrected chi connectivity index (χ2v) is 6.63. The number of sulfonamides is 1. The molecule has 1 aliphatic heterocycles. The van der Waals surface area contributed by atoms with Crippen molar-refractivity contribution in [3.63, 3.8) is 0 Å². The van der Waals surface area contributed by atoms with Crippen LogP contribution in [0.5, 0.6) is 0 Å². The van der Waals surface area contributed by atoms with Gasteiger partial charge in [0.05, 0.1) is 12.6 Å². The second kappa shape index (κ2) is 4.24. The van der Waals surface area contributed by atoms with Gasteiger partial charge in [0.2, 0.25) is 9.47 Å². The molecular weight excluding hydrogens is 252 g/mol. The Balaban J connectivity index is 2.24. The maximum Gasteiger partial charge on any atom is 0.272 e. The van der Waals surface area contributed by atoms with Crippen molar-refractivity contribution in [1.29, 1.82) is 0 Å². The maximum absolute atomic E-state index is 12.1. The molecule has 2 rings (SSSR count). The summed E-state index contributed by atoms with van der Waals surface area (Å²) in [5, 5.41) is 7.20. The summed E-state index contributed by atoms with van der Waals surface area (Å²) in [5.74, 6) is 0. The second-order valence-electron chi connectivity index (χ2n) is 3.44. The Hall–Kier alpha value is -0.770. The molecule has 2 heterocycles. The van der Waals surface area contributed by atoms with Crippen LogP contribution in [0.15, 0.2) is 4.34 Å². The summed E-state index contributed by atoms with van der Waals surface area (Å²) < 4.78 is 30.5. The molecule has 0 saturated carbocycles. The summed E-state index contributed by atoms with van der Waals surface area (Å²) in [6.07, 6.45) is 0.698. The van der Waals surface area contributed by atoms with Crippen LogP contribution in [0.4, 0.5) is 5.13 Å². The van der Waals surface area contributed by atoms with E-state index in [4.69, 9.17) is 10.5 Å². The van der Waals surface area contributed by atoms with Crippen molar-refractivity contribution in [2.75, 3.05) is 26.0 Å². The molecule has 0 radical (unpaired) electrons. The van der Waals surface area contributed by atoms with E-state index < -0.39 is 10.0 Å². The fraction of sp³-hybridized carbons (Fsp3) is 0.714. The van der Waals surface area contributed by atoms with Crippen molar-refractivity contribution in [2.24, 2.45) is 0 Å². The van der Waals surface area contributed by atoms with E-state index in [9.17, 15) is 8.42 Å². The van der Waals surface area contributed by atoms with Crippen LogP contribution in [-0.2, 0) is 14.8 Å². The van der Waals surface area contributed by atoms with E-state index in [2.05, 4.69) is 10.2 Å². The highest BCUT2D eigenvalue weighted by molar-refractivity contribution is 7.91. The fourth-order valence-electron chi connectivity index (χ4n) is 1.45. The Kier molecular flexibility index (Phi) is 3.10. The molecule has 0 bridgehead atoms. The molecule has 0 amide bonds. The van der Waals surface area contributed by atoms with Gasteiger partial charge in [-0.25, -0.2) is 8.42 Å². The van der Waals surface area contributed by atoms with E-state index in [-0.39, 0.29) is 15.5 Å². The predicted molar refractivity (Wildman–Crippen MR) is 58.5 cm³/mol. The van der Waals surface area contributed by atoms with E-state index in [0.29, 0.717) is 19.6 Å². The van der Waals surface area contributed by atoms with Crippen molar-refractivity contribution in [3.05, 3.63) is 0 Å². The number of hydrogen-bond donors (Lipinski definition) is 1. The lowest BCUT2D eigenvalue weighted by atomic mass is 10.3. The standard InChI is InChI=1S/C7H12N4O3S2/c1-11(5-2-3-14-4-5)16(12,13)7-10-9-6(8)15-7/h5H,2-4H2,1H3,(H2,8,9). The molecule has 1 unspecified atom stereocenters. The number of likely N-dealkylation sites (N-methyl/N-ethyl adjacent to an activating group) is 1. The minimum absolute atomic E-state index is 0.0700. The summed E-state index contributed by atoms with van der Waals surface area (Å²) >= 11 is 0.867. The van der Waals surface area contributed by atoms with Crippen LogP contribution in [0.25, 0.3) is 0 Å². The first-order valence-electron chi connectivity index (χ1n) is 4.66. The molecule has 1 aliphatic rings. The van der Waals surface area contributed by atoms with Crippen molar-refractivity contribution in [2.45, 2.75) is 16.8 Å². The third kappa shape index (κ3) is 2.03. The fourth-order valence-corrected chi connectivity index (χ4v) is 3.77. The summed E-state index contributed by atoms with van der Waals surface area (Å²) in [5.41, 5.74) is 5.37. The van der Waals surface area contributed by atoms with Crippen LogP contribution < -0.4 is 5.73 Å². The van der Waals surface area contributed by atoms with Gasteiger partial charge in [-0.15, -0.1) is 10.2 Å². The van der Waals surface area contributed by atoms with Crippen LogP contribution in [0.2, 0.25) is 0 Å². The van der Waals surface area contributed by atoms with Gasteiger partial charge < -0.3 is 10.5 Å². The monoisotopic (exact) mass is 264 g/mol. The molecule has 9 heteroatoms. The normalized spacial score (nSPS) is 21.8. The zero-order valence-electron chi connectivity index (χ0n) is 8.66. The number of nitrogens with zero attached hydrogens (tertiary/aromatic N) is 3. The molecule has 1 atom stereocenters. The number of hydrogen-bond acceptors (Lipinski definition) is 7. The quantitative estimate of drug-likeness (QED) is 0.792. The number of anilines is 1. The zero-order valence-corrected chi connectivity index (χ0v) is 10.3. The molecule has 0 spiro atoms. The molecule has 1 aromatic heterocycles. The molecule has 1 saturated heterocycles. The minimum Gasteiger partial charge on any atom is -0.380 e. The maximum atomic E-state index is 12.1. The van der Waals surface area contributed by atoms with Gasteiger partial charge in [0.15, 0.2) is 0 Å². The first-order chi connectivity index (χ1) is 7.51. The third-order valence-corrected chi connectivity index (χ3v) is 5.45. The third-order valence-electron chi connectivity index (χ3n) is 2.44. The number of aromatic nitrogens is 2. The number of rotatable bonds is 3. The SMILES string of the molecule is CN(C1CCOC1)S(=O)(=O)c1nnc(N)s1. The summed E-state index contributed by atoms with van der Waals surface area (Å²) in [4.78, 5) is 0. The number of nitrogens with two attached hydrogens (primary N) is 1. The Morgan fingerprint density at radius 1 is 1.56 bits per heavy atom. The van der Waals surface area contributed by atoms with Gasteiger partial charge in [0, 0.05) is 13.7 Å². The molecule has 0 aliphatic carbocycles. The van der Waals surface area contributed by atoms with Crippen LogP contribution >= 0.6 is 11.3 Å². The van der Waals surface area contributed by atoms with E-state index >= 15 is 0 Å². The molecule has 2 N–H and O–H groups in total. The lowest BCUT2D eigenvalue weighted by Crippen LogP contribution is -2.37. The molecule has 90 valence electrons. The smallest absolute Gasteiger partial charge is 0.272 e. The molecule has 7 nitrogen and oxygen atoms in total. The summed E-state index contributed by atoms with van der Waals surface area (Å²) in [7, 11) is -2.06. The van der Waals surface area contributed by atoms with Crippen LogP contribution in [0, 0.1) is 0 Å². The Bertz CT molecular complexity index is 466. The number of nitrogen functional groups attached to an aromatic ring is 1. The highest BCUT2D eigenvalue weighted by atomic mass is 32.2. The number of ether oxygens (including phenoxy) is 1. The van der Waals surface area contributed by atoms with E-state index in [1.54, 1.807) is 0 Å². The van der Waals surface area contributed by atoms with Crippen LogP contribution in [0.1, 0.15) is 6.42 Å². The summed E-state index contributed by atoms with van der Waals surface area (Å²) in [6.45, 7) is 1.01. The van der Waals surface area contributed by atoms with Crippen LogP contribution in [0.3, 0.4) is 0 Å². The highest BCUT2D eigenvalue weighted by Gasteiger charge is 2.33. The van der Waals surface area contributed by atoms with Gasteiger partial charge >= 0.3 is 0 Å². The van der Waals surface area contributed by atoms with Gasteiger partial charge in [-0.1, -0.05) is 11.3 Å². The van der Waals surface area contributed by atoms with E-state index in [1.165, 1.54) is 11.4 Å². The average Bonchev–Trinajstić information content (AvgIpc) is 2.86. The zero-order chi connectivity index (χ0) is 11.8. The topological polar surface area (TPSA) is 98.4 Å². The molecule has 16 heavy (non-hydrogen) atoms. The van der Waals surface area contributed by atoms with Gasteiger partial charge in [0.1, 0.15) is 0 Å². The molecular formula is C7H12N4O3S2. The van der Waals surface area contributed by atoms with Gasteiger partial charge in [-0.05, 0) is 6.42 Å². The molecule has 0 aromatic carbocycles.